The summed E-state index contributed by atoms with van der Waals surface area (Å²) in [5.41, 5.74) is 1.43. The van der Waals surface area contributed by atoms with Crippen LogP contribution < -0.4 is 4.72 Å². The fraction of sp³-hybridized carbons (Fsp3) is 0.143. The van der Waals surface area contributed by atoms with Crippen molar-refractivity contribution in [1.29, 1.82) is 0 Å². The first kappa shape index (κ1) is 13.5. The number of aryl methyl sites for hydroxylation is 1. The van der Waals surface area contributed by atoms with Gasteiger partial charge in [-0.15, -0.1) is 0 Å². The molecule has 1 N–H and O–H groups in total. The van der Waals surface area contributed by atoms with Gasteiger partial charge >= 0.3 is 0 Å². The van der Waals surface area contributed by atoms with Gasteiger partial charge in [0.05, 0.1) is 11.4 Å². The van der Waals surface area contributed by atoms with Gasteiger partial charge in [0.2, 0.25) is 10.0 Å². The van der Waals surface area contributed by atoms with Crippen molar-refractivity contribution in [3.8, 4) is 0 Å². The van der Waals surface area contributed by atoms with Crippen molar-refractivity contribution in [2.45, 2.75) is 12.7 Å². The molecule has 0 aliphatic heterocycles. The Morgan fingerprint density at radius 3 is 2.47 bits per heavy atom. The monoisotopic (exact) mass is 279 g/mol. The standard InChI is InChI=1S/C14H14FNO2S/c1-11-7-8-13(15)14(9-11)16-19(17,18)10-12-5-3-2-4-6-12/h2-9,16H,10H2,1H3. The van der Waals surface area contributed by atoms with Crippen LogP contribution in [0.5, 0.6) is 0 Å². The average molecular weight is 279 g/mol. The molecule has 0 heterocycles. The third-order valence-electron chi connectivity index (χ3n) is 2.59. The zero-order valence-corrected chi connectivity index (χ0v) is 11.2. The molecule has 2 rings (SSSR count). The highest BCUT2D eigenvalue weighted by molar-refractivity contribution is 7.91. The summed E-state index contributed by atoms with van der Waals surface area (Å²) >= 11 is 0. The Labute approximate surface area is 112 Å². The smallest absolute Gasteiger partial charge is 0.237 e. The van der Waals surface area contributed by atoms with Crippen LogP contribution in [-0.2, 0) is 15.8 Å². The lowest BCUT2D eigenvalue weighted by atomic mass is 10.2. The SMILES string of the molecule is Cc1ccc(F)c(NS(=O)(=O)Cc2ccccc2)c1. The van der Waals surface area contributed by atoms with Gasteiger partial charge in [0, 0.05) is 0 Å². The first-order valence-electron chi connectivity index (χ1n) is 5.77. The molecule has 0 aromatic heterocycles. The molecular weight excluding hydrogens is 265 g/mol. The third-order valence-corrected chi connectivity index (χ3v) is 3.83. The van der Waals surface area contributed by atoms with Gasteiger partial charge in [-0.25, -0.2) is 12.8 Å². The number of nitrogens with one attached hydrogen (secondary N) is 1. The van der Waals surface area contributed by atoms with E-state index in [1.54, 1.807) is 37.3 Å². The second kappa shape index (κ2) is 5.40. The highest BCUT2D eigenvalue weighted by Gasteiger charge is 2.14. The van der Waals surface area contributed by atoms with E-state index in [9.17, 15) is 12.8 Å². The van der Waals surface area contributed by atoms with Crippen molar-refractivity contribution in [3.05, 3.63) is 65.5 Å². The van der Waals surface area contributed by atoms with E-state index in [2.05, 4.69) is 4.72 Å². The van der Waals surface area contributed by atoms with E-state index in [0.29, 0.717) is 5.56 Å². The van der Waals surface area contributed by atoms with Gasteiger partial charge in [0.25, 0.3) is 0 Å². The second-order valence-electron chi connectivity index (χ2n) is 4.33. The fourth-order valence-electron chi connectivity index (χ4n) is 1.71. The fourth-order valence-corrected chi connectivity index (χ4v) is 2.91. The summed E-state index contributed by atoms with van der Waals surface area (Å²) in [7, 11) is -3.62. The third kappa shape index (κ3) is 3.79. The zero-order valence-electron chi connectivity index (χ0n) is 10.4. The Balaban J connectivity index is 2.20. The maximum atomic E-state index is 13.5. The summed E-state index contributed by atoms with van der Waals surface area (Å²) in [4.78, 5) is 0. The van der Waals surface area contributed by atoms with Crippen molar-refractivity contribution in [2.24, 2.45) is 0 Å². The molecule has 2 aromatic rings. The van der Waals surface area contributed by atoms with Crippen molar-refractivity contribution < 1.29 is 12.8 Å². The van der Waals surface area contributed by atoms with Crippen LogP contribution in [0.15, 0.2) is 48.5 Å². The molecule has 2 aromatic carbocycles. The van der Waals surface area contributed by atoms with E-state index in [1.165, 1.54) is 12.1 Å². The largest absolute Gasteiger partial charge is 0.280 e. The average Bonchev–Trinajstić information content (AvgIpc) is 2.34. The maximum absolute atomic E-state index is 13.5. The summed E-state index contributed by atoms with van der Waals surface area (Å²) in [6.45, 7) is 1.77. The molecule has 0 saturated carbocycles. The molecule has 0 aliphatic carbocycles. The van der Waals surface area contributed by atoms with Crippen LogP contribution in [0.2, 0.25) is 0 Å². The summed E-state index contributed by atoms with van der Waals surface area (Å²) in [5.74, 6) is -0.761. The number of halogens is 1. The molecule has 0 aliphatic rings. The summed E-state index contributed by atoms with van der Waals surface area (Å²) in [6, 6.07) is 13.1. The summed E-state index contributed by atoms with van der Waals surface area (Å²) < 4.78 is 39.7. The predicted molar refractivity (Wildman–Crippen MR) is 73.8 cm³/mol. The molecule has 0 unspecified atom stereocenters. The maximum Gasteiger partial charge on any atom is 0.237 e. The van der Waals surface area contributed by atoms with Gasteiger partial charge in [0.1, 0.15) is 5.82 Å². The molecule has 0 spiro atoms. The molecule has 100 valence electrons. The van der Waals surface area contributed by atoms with Gasteiger partial charge < -0.3 is 0 Å². The number of anilines is 1. The molecule has 5 heteroatoms. The minimum Gasteiger partial charge on any atom is -0.280 e. The van der Waals surface area contributed by atoms with Crippen LogP contribution in [0.25, 0.3) is 0 Å². The molecule has 0 amide bonds. The highest BCUT2D eigenvalue weighted by atomic mass is 32.2. The molecule has 19 heavy (non-hydrogen) atoms. The minimum absolute atomic E-state index is 0.0177. The molecule has 0 radical (unpaired) electrons. The van der Waals surface area contributed by atoms with Crippen molar-refractivity contribution >= 4 is 15.7 Å². The number of rotatable bonds is 4. The Morgan fingerprint density at radius 2 is 1.79 bits per heavy atom. The minimum atomic E-state index is -3.62. The topological polar surface area (TPSA) is 46.2 Å². The number of hydrogen-bond acceptors (Lipinski definition) is 2. The van der Waals surface area contributed by atoms with E-state index >= 15 is 0 Å². The molecule has 3 nitrogen and oxygen atoms in total. The Kier molecular flexibility index (Phi) is 3.85. The Morgan fingerprint density at radius 1 is 1.11 bits per heavy atom. The molecule has 0 saturated heterocycles. The van der Waals surface area contributed by atoms with Crippen LogP contribution in [0.4, 0.5) is 10.1 Å². The van der Waals surface area contributed by atoms with Gasteiger partial charge in [0.15, 0.2) is 0 Å². The van der Waals surface area contributed by atoms with E-state index in [1.807, 2.05) is 6.07 Å². The Bertz CT molecular complexity index is 669. The van der Waals surface area contributed by atoms with E-state index in [0.717, 1.165) is 5.56 Å². The number of benzene rings is 2. The number of sulfonamides is 1. The van der Waals surface area contributed by atoms with Crippen molar-refractivity contribution in [2.75, 3.05) is 4.72 Å². The molecule has 0 bridgehead atoms. The van der Waals surface area contributed by atoms with Gasteiger partial charge in [-0.3, -0.25) is 4.72 Å². The lowest BCUT2D eigenvalue weighted by Crippen LogP contribution is -2.16. The van der Waals surface area contributed by atoms with Crippen LogP contribution in [-0.4, -0.2) is 8.42 Å². The molecule has 0 fully saturated rings. The first-order chi connectivity index (χ1) is 8.96. The first-order valence-corrected chi connectivity index (χ1v) is 7.42. The Hall–Kier alpha value is -1.88. The second-order valence-corrected chi connectivity index (χ2v) is 6.05. The lowest BCUT2D eigenvalue weighted by molar-refractivity contribution is 0.598. The van der Waals surface area contributed by atoms with Gasteiger partial charge in [-0.1, -0.05) is 36.4 Å². The highest BCUT2D eigenvalue weighted by Crippen LogP contribution is 2.18. The normalized spacial score (nSPS) is 11.3. The van der Waals surface area contributed by atoms with Crippen LogP contribution in [0, 0.1) is 12.7 Å². The molecular formula is C14H14FNO2S. The van der Waals surface area contributed by atoms with Crippen LogP contribution in [0.3, 0.4) is 0 Å². The quantitative estimate of drug-likeness (QED) is 0.935. The van der Waals surface area contributed by atoms with Crippen LogP contribution >= 0.6 is 0 Å². The van der Waals surface area contributed by atoms with Gasteiger partial charge in [-0.05, 0) is 30.2 Å². The van der Waals surface area contributed by atoms with E-state index in [-0.39, 0.29) is 11.4 Å². The van der Waals surface area contributed by atoms with E-state index < -0.39 is 15.8 Å². The van der Waals surface area contributed by atoms with E-state index in [4.69, 9.17) is 0 Å². The van der Waals surface area contributed by atoms with Crippen LogP contribution in [0.1, 0.15) is 11.1 Å². The lowest BCUT2D eigenvalue weighted by Gasteiger charge is -2.09. The zero-order chi connectivity index (χ0) is 13.9. The predicted octanol–water partition coefficient (Wildman–Crippen LogP) is 3.08. The summed E-state index contributed by atoms with van der Waals surface area (Å²) in [5, 5.41) is 0. The van der Waals surface area contributed by atoms with Gasteiger partial charge in [-0.2, -0.15) is 0 Å². The van der Waals surface area contributed by atoms with Crippen molar-refractivity contribution in [1.82, 2.24) is 0 Å². The number of hydrogen-bond donors (Lipinski definition) is 1. The molecule has 0 atom stereocenters. The van der Waals surface area contributed by atoms with Crippen molar-refractivity contribution in [3.63, 3.8) is 0 Å². The summed E-state index contributed by atoms with van der Waals surface area (Å²) in [6.07, 6.45) is 0.